The van der Waals surface area contributed by atoms with Gasteiger partial charge in [0.15, 0.2) is 5.78 Å². The van der Waals surface area contributed by atoms with Crippen molar-refractivity contribution in [1.29, 1.82) is 0 Å². The van der Waals surface area contributed by atoms with Gasteiger partial charge in [-0.15, -0.1) is 0 Å². The maximum Gasteiger partial charge on any atom is 0.339 e. The number of benzene rings is 2. The maximum atomic E-state index is 13.0. The molecule has 4 rings (SSSR count). The Bertz CT molecular complexity index is 1040. The van der Waals surface area contributed by atoms with Gasteiger partial charge in [-0.3, -0.25) is 4.79 Å². The van der Waals surface area contributed by atoms with E-state index in [2.05, 4.69) is 0 Å². The van der Waals surface area contributed by atoms with Gasteiger partial charge in [-0.1, -0.05) is 30.3 Å². The first kappa shape index (κ1) is 17.9. The van der Waals surface area contributed by atoms with Gasteiger partial charge in [-0.05, 0) is 25.1 Å². The van der Waals surface area contributed by atoms with Gasteiger partial charge in [0.25, 0.3) is 0 Å². The number of Topliss-reactive ketones (excluding diaryl/α,β-unsaturated/α-hetero) is 1. The molecule has 0 saturated carbocycles. The third-order valence-electron chi connectivity index (χ3n) is 5.33. The third kappa shape index (κ3) is 2.87. The average molecular weight is 385 g/mol. The lowest BCUT2D eigenvalue weighted by molar-refractivity contribution is -0.0329. The third-order valence-corrected chi connectivity index (χ3v) is 7.23. The van der Waals surface area contributed by atoms with E-state index in [1.54, 1.807) is 24.3 Å². The Morgan fingerprint density at radius 2 is 1.78 bits per heavy atom. The molecule has 6 nitrogen and oxygen atoms in total. The Labute approximate surface area is 157 Å². The van der Waals surface area contributed by atoms with Crippen molar-refractivity contribution in [2.45, 2.75) is 30.3 Å². The number of fused-ring (bicyclic) bond motifs is 2. The van der Waals surface area contributed by atoms with Crippen LogP contribution in [0.5, 0.6) is 0 Å². The molecule has 2 aliphatic heterocycles. The summed E-state index contributed by atoms with van der Waals surface area (Å²) in [5.74, 6) is -0.532. The van der Waals surface area contributed by atoms with E-state index in [1.165, 1.54) is 23.4 Å². The Morgan fingerprint density at radius 1 is 1.07 bits per heavy atom. The van der Waals surface area contributed by atoms with E-state index in [4.69, 9.17) is 4.74 Å². The minimum Gasteiger partial charge on any atom is -0.450 e. The molecule has 2 heterocycles. The van der Waals surface area contributed by atoms with Gasteiger partial charge in [0, 0.05) is 37.1 Å². The number of carbonyl (C=O) groups is 2. The van der Waals surface area contributed by atoms with E-state index in [-0.39, 0.29) is 29.7 Å². The van der Waals surface area contributed by atoms with Crippen molar-refractivity contribution >= 4 is 21.8 Å². The first-order valence-corrected chi connectivity index (χ1v) is 10.2. The molecule has 1 spiro atoms. The zero-order valence-electron chi connectivity index (χ0n) is 14.8. The van der Waals surface area contributed by atoms with Crippen LogP contribution in [0.15, 0.2) is 53.4 Å². The number of ether oxygens (including phenoxy) is 1. The second-order valence-electron chi connectivity index (χ2n) is 6.92. The molecule has 7 heteroatoms. The van der Waals surface area contributed by atoms with Crippen molar-refractivity contribution in [3.63, 3.8) is 0 Å². The number of hydrogen-bond acceptors (Lipinski definition) is 5. The van der Waals surface area contributed by atoms with Gasteiger partial charge in [0.2, 0.25) is 10.0 Å². The summed E-state index contributed by atoms with van der Waals surface area (Å²) in [5.41, 5.74) is 1.01. The normalized spacial score (nSPS) is 18.9. The summed E-state index contributed by atoms with van der Waals surface area (Å²) in [5, 5.41) is 0. The molecule has 1 fully saturated rings. The standard InChI is InChI=1S/C20H19NO5S/c1-14(22)15-5-4-6-16(13-15)27(24,25)21-11-9-20(10-12-21)18-8-3-2-7-17(18)19(23)26-20/h2-8,13H,9-12H2,1H3. The van der Waals surface area contributed by atoms with Crippen LogP contribution in [0.25, 0.3) is 0 Å². The van der Waals surface area contributed by atoms with E-state index in [0.29, 0.717) is 24.0 Å². The predicted molar refractivity (Wildman–Crippen MR) is 98.0 cm³/mol. The molecule has 0 atom stereocenters. The molecule has 140 valence electrons. The second-order valence-corrected chi connectivity index (χ2v) is 8.86. The number of ketones is 1. The monoisotopic (exact) mass is 385 g/mol. The zero-order valence-corrected chi connectivity index (χ0v) is 15.7. The van der Waals surface area contributed by atoms with Crippen LogP contribution in [-0.4, -0.2) is 37.6 Å². The van der Waals surface area contributed by atoms with E-state index < -0.39 is 15.6 Å². The highest BCUT2D eigenvalue weighted by Crippen LogP contribution is 2.44. The second kappa shape index (κ2) is 6.28. The SMILES string of the molecule is CC(=O)c1cccc(S(=O)(=O)N2CCC3(CC2)OC(=O)c2ccccc23)c1. The number of carbonyl (C=O) groups excluding carboxylic acids is 2. The first-order chi connectivity index (χ1) is 12.8. The minimum absolute atomic E-state index is 0.106. The lowest BCUT2D eigenvalue weighted by atomic mass is 9.84. The first-order valence-electron chi connectivity index (χ1n) is 8.77. The lowest BCUT2D eigenvalue weighted by Crippen LogP contribution is -2.45. The number of hydrogen-bond donors (Lipinski definition) is 0. The molecular formula is C20H19NO5S. The van der Waals surface area contributed by atoms with Gasteiger partial charge in [-0.25, -0.2) is 13.2 Å². The molecule has 0 N–H and O–H groups in total. The van der Waals surface area contributed by atoms with Crippen LogP contribution in [0.4, 0.5) is 0 Å². The number of piperidine rings is 1. The highest BCUT2D eigenvalue weighted by Gasteiger charge is 2.48. The number of sulfonamides is 1. The molecule has 0 amide bonds. The molecule has 2 aliphatic rings. The summed E-state index contributed by atoms with van der Waals surface area (Å²) in [7, 11) is -3.71. The van der Waals surface area contributed by atoms with E-state index in [9.17, 15) is 18.0 Å². The van der Waals surface area contributed by atoms with Gasteiger partial charge < -0.3 is 4.74 Å². The van der Waals surface area contributed by atoms with Gasteiger partial charge in [0.05, 0.1) is 10.5 Å². The predicted octanol–water partition coefficient (Wildman–Crippen LogP) is 2.74. The molecule has 27 heavy (non-hydrogen) atoms. The van der Waals surface area contributed by atoms with Crippen LogP contribution in [0.2, 0.25) is 0 Å². The summed E-state index contributed by atoms with van der Waals surface area (Å²) in [6.07, 6.45) is 0.808. The van der Waals surface area contributed by atoms with Gasteiger partial charge in [-0.2, -0.15) is 4.31 Å². The van der Waals surface area contributed by atoms with E-state index in [0.717, 1.165) is 5.56 Å². The molecule has 2 aromatic carbocycles. The topological polar surface area (TPSA) is 80.8 Å². The number of esters is 1. The highest BCUT2D eigenvalue weighted by molar-refractivity contribution is 7.89. The summed E-state index contributed by atoms with van der Waals surface area (Å²) in [4.78, 5) is 23.8. The van der Waals surface area contributed by atoms with Crippen LogP contribution < -0.4 is 0 Å². The fraction of sp³-hybridized carbons (Fsp3) is 0.300. The fourth-order valence-electron chi connectivity index (χ4n) is 3.83. The average Bonchev–Trinajstić information content (AvgIpc) is 2.94. The Balaban J connectivity index is 1.59. The molecule has 0 bridgehead atoms. The van der Waals surface area contributed by atoms with Crippen LogP contribution in [0, 0.1) is 0 Å². The summed E-state index contributed by atoms with van der Waals surface area (Å²) in [6, 6.07) is 13.3. The van der Waals surface area contributed by atoms with Gasteiger partial charge >= 0.3 is 5.97 Å². The summed E-state index contributed by atoms with van der Waals surface area (Å²) >= 11 is 0. The van der Waals surface area contributed by atoms with Crippen LogP contribution >= 0.6 is 0 Å². The Morgan fingerprint density at radius 3 is 2.48 bits per heavy atom. The summed E-state index contributed by atoms with van der Waals surface area (Å²) in [6.45, 7) is 1.89. The lowest BCUT2D eigenvalue weighted by Gasteiger charge is -2.37. The highest BCUT2D eigenvalue weighted by atomic mass is 32.2. The van der Waals surface area contributed by atoms with Crippen LogP contribution in [0.1, 0.15) is 46.0 Å². The van der Waals surface area contributed by atoms with Crippen LogP contribution in [0.3, 0.4) is 0 Å². The van der Waals surface area contributed by atoms with Crippen molar-refractivity contribution in [2.75, 3.05) is 13.1 Å². The maximum absolute atomic E-state index is 13.0. The smallest absolute Gasteiger partial charge is 0.339 e. The molecule has 0 unspecified atom stereocenters. The Hall–Kier alpha value is -2.51. The van der Waals surface area contributed by atoms with Crippen molar-refractivity contribution < 1.29 is 22.7 Å². The molecule has 0 radical (unpaired) electrons. The number of rotatable bonds is 3. The largest absolute Gasteiger partial charge is 0.450 e. The number of nitrogens with zero attached hydrogens (tertiary/aromatic N) is 1. The quantitative estimate of drug-likeness (QED) is 0.599. The van der Waals surface area contributed by atoms with Crippen molar-refractivity contribution in [1.82, 2.24) is 4.31 Å². The zero-order chi connectivity index (χ0) is 19.2. The summed E-state index contributed by atoms with van der Waals surface area (Å²) < 4.78 is 33.0. The van der Waals surface area contributed by atoms with Crippen molar-refractivity contribution in [3.05, 3.63) is 65.2 Å². The molecular weight excluding hydrogens is 366 g/mol. The molecule has 0 aliphatic carbocycles. The van der Waals surface area contributed by atoms with Crippen molar-refractivity contribution in [3.8, 4) is 0 Å². The fourth-order valence-corrected chi connectivity index (χ4v) is 5.32. The van der Waals surface area contributed by atoms with E-state index >= 15 is 0 Å². The molecule has 1 saturated heterocycles. The molecule has 0 aromatic heterocycles. The molecule has 2 aromatic rings. The minimum atomic E-state index is -3.71. The Kier molecular flexibility index (Phi) is 4.16. The van der Waals surface area contributed by atoms with E-state index in [1.807, 2.05) is 12.1 Å². The van der Waals surface area contributed by atoms with Crippen LogP contribution in [-0.2, 0) is 20.4 Å². The van der Waals surface area contributed by atoms with Crippen molar-refractivity contribution in [2.24, 2.45) is 0 Å². The van der Waals surface area contributed by atoms with Gasteiger partial charge in [0.1, 0.15) is 5.60 Å².